The molecule has 0 bridgehead atoms. The molecular weight excluding hydrogens is 358 g/mol. The Labute approximate surface area is 166 Å². The summed E-state index contributed by atoms with van der Waals surface area (Å²) in [4.78, 5) is 43.4. The number of ether oxygens (including phenoxy) is 1. The Kier molecular flexibility index (Phi) is 5.37. The van der Waals surface area contributed by atoms with Crippen molar-refractivity contribution in [3.05, 3.63) is 29.3 Å². The average molecular weight is 387 g/mol. The normalized spacial score (nSPS) is 19.1. The molecule has 0 saturated carbocycles. The van der Waals surface area contributed by atoms with Crippen molar-refractivity contribution >= 4 is 17.8 Å². The van der Waals surface area contributed by atoms with E-state index in [1.54, 1.807) is 30.0 Å². The van der Waals surface area contributed by atoms with Gasteiger partial charge in [-0.15, -0.1) is 0 Å². The van der Waals surface area contributed by atoms with Gasteiger partial charge in [-0.3, -0.25) is 14.5 Å². The van der Waals surface area contributed by atoms with E-state index in [9.17, 15) is 14.4 Å². The third-order valence-electron chi connectivity index (χ3n) is 5.83. The van der Waals surface area contributed by atoms with Crippen LogP contribution in [0.3, 0.4) is 0 Å². The highest BCUT2D eigenvalue weighted by atomic mass is 16.5. The highest BCUT2D eigenvalue weighted by Gasteiger charge is 2.57. The van der Waals surface area contributed by atoms with Crippen LogP contribution in [0.5, 0.6) is 5.75 Å². The van der Waals surface area contributed by atoms with Gasteiger partial charge in [0.15, 0.2) is 0 Å². The molecule has 0 atom stereocenters. The van der Waals surface area contributed by atoms with Crippen LogP contribution in [0.25, 0.3) is 0 Å². The van der Waals surface area contributed by atoms with Crippen LogP contribution in [-0.4, -0.2) is 71.9 Å². The molecule has 0 aliphatic carbocycles. The van der Waals surface area contributed by atoms with Gasteiger partial charge in [0.2, 0.25) is 0 Å². The second-order valence-electron chi connectivity index (χ2n) is 8.13. The fourth-order valence-electron chi connectivity index (χ4n) is 4.30. The summed E-state index contributed by atoms with van der Waals surface area (Å²) in [6, 6.07) is 5.29. The molecule has 0 unspecified atom stereocenters. The van der Waals surface area contributed by atoms with Gasteiger partial charge in [-0.05, 0) is 37.3 Å². The number of piperidine rings is 1. The van der Waals surface area contributed by atoms with Gasteiger partial charge in [-0.2, -0.15) is 0 Å². The molecule has 28 heavy (non-hydrogen) atoms. The lowest BCUT2D eigenvalue weighted by atomic mass is 9.85. The van der Waals surface area contributed by atoms with Crippen molar-refractivity contribution in [3.63, 3.8) is 0 Å². The Hall–Kier alpha value is -2.57. The van der Waals surface area contributed by atoms with E-state index in [-0.39, 0.29) is 23.8 Å². The maximum Gasteiger partial charge on any atom is 0.327 e. The number of likely N-dealkylation sites (N-methyl/N-ethyl adjacent to an activating group) is 1. The molecule has 1 aromatic carbocycles. The maximum absolute atomic E-state index is 13.1. The van der Waals surface area contributed by atoms with E-state index in [4.69, 9.17) is 4.74 Å². The fourth-order valence-corrected chi connectivity index (χ4v) is 4.30. The summed E-state index contributed by atoms with van der Waals surface area (Å²) in [7, 11) is 3.10. The fraction of sp³-hybridized carbons (Fsp3) is 0.571. The van der Waals surface area contributed by atoms with Gasteiger partial charge in [-0.25, -0.2) is 4.79 Å². The number of benzene rings is 1. The molecule has 2 fully saturated rings. The molecule has 7 heteroatoms. The van der Waals surface area contributed by atoms with Gasteiger partial charge in [0, 0.05) is 26.7 Å². The van der Waals surface area contributed by atoms with Gasteiger partial charge in [0.05, 0.1) is 12.7 Å². The maximum atomic E-state index is 13.1. The second-order valence-corrected chi connectivity index (χ2v) is 8.13. The van der Waals surface area contributed by atoms with E-state index in [2.05, 4.69) is 0 Å². The van der Waals surface area contributed by atoms with Gasteiger partial charge in [-0.1, -0.05) is 26.0 Å². The van der Waals surface area contributed by atoms with Crippen LogP contribution < -0.4 is 4.74 Å². The Morgan fingerprint density at radius 2 is 1.86 bits per heavy atom. The van der Waals surface area contributed by atoms with Crippen LogP contribution >= 0.6 is 0 Å². The minimum Gasteiger partial charge on any atom is -0.496 e. The van der Waals surface area contributed by atoms with Gasteiger partial charge < -0.3 is 14.5 Å². The van der Waals surface area contributed by atoms with Crippen molar-refractivity contribution in [2.24, 2.45) is 5.92 Å². The van der Waals surface area contributed by atoms with Crippen molar-refractivity contribution in [3.8, 4) is 5.75 Å². The smallest absolute Gasteiger partial charge is 0.327 e. The number of amides is 4. The zero-order valence-corrected chi connectivity index (χ0v) is 17.3. The number of urea groups is 1. The van der Waals surface area contributed by atoms with E-state index in [1.807, 2.05) is 32.9 Å². The number of likely N-dealkylation sites (tertiary alicyclic amines) is 1. The van der Waals surface area contributed by atoms with Crippen molar-refractivity contribution in [2.45, 2.75) is 39.2 Å². The molecule has 0 aromatic heterocycles. The highest BCUT2D eigenvalue weighted by Crippen LogP contribution is 2.38. The van der Waals surface area contributed by atoms with E-state index in [1.165, 1.54) is 4.90 Å². The Morgan fingerprint density at radius 3 is 2.43 bits per heavy atom. The first kappa shape index (κ1) is 20.2. The predicted octanol–water partition coefficient (Wildman–Crippen LogP) is 2.53. The summed E-state index contributed by atoms with van der Waals surface area (Å²) >= 11 is 0. The lowest BCUT2D eigenvalue weighted by Gasteiger charge is -2.42. The van der Waals surface area contributed by atoms with E-state index in [0.29, 0.717) is 43.8 Å². The minimum atomic E-state index is -0.831. The first-order chi connectivity index (χ1) is 13.2. The Balaban J connectivity index is 1.83. The van der Waals surface area contributed by atoms with Crippen molar-refractivity contribution in [1.29, 1.82) is 0 Å². The number of nitrogens with zero attached hydrogens (tertiary/aromatic N) is 3. The Morgan fingerprint density at radius 1 is 1.21 bits per heavy atom. The lowest BCUT2D eigenvalue weighted by molar-refractivity contribution is -0.134. The van der Waals surface area contributed by atoms with Crippen LogP contribution in [0, 0.1) is 12.8 Å². The van der Waals surface area contributed by atoms with E-state index < -0.39 is 5.54 Å². The van der Waals surface area contributed by atoms with Crippen LogP contribution in [0.2, 0.25) is 0 Å². The van der Waals surface area contributed by atoms with E-state index in [0.717, 1.165) is 5.56 Å². The van der Waals surface area contributed by atoms with E-state index >= 15 is 0 Å². The number of methoxy groups -OCH3 is 1. The molecule has 2 saturated heterocycles. The van der Waals surface area contributed by atoms with Gasteiger partial charge >= 0.3 is 6.03 Å². The summed E-state index contributed by atoms with van der Waals surface area (Å²) in [5.41, 5.74) is 0.590. The molecular formula is C21H29N3O4. The molecule has 2 heterocycles. The quantitative estimate of drug-likeness (QED) is 0.745. The van der Waals surface area contributed by atoms with Crippen LogP contribution in [-0.2, 0) is 4.79 Å². The van der Waals surface area contributed by atoms with Crippen molar-refractivity contribution in [2.75, 3.05) is 33.8 Å². The lowest BCUT2D eigenvalue weighted by Crippen LogP contribution is -2.58. The molecule has 1 aromatic rings. The first-order valence-electron chi connectivity index (χ1n) is 9.75. The number of aryl methyl sites for hydroxylation is 1. The number of rotatable bonds is 4. The number of carbonyl (C=O) groups is 3. The number of imide groups is 1. The molecule has 0 radical (unpaired) electrons. The second kappa shape index (κ2) is 7.45. The third kappa shape index (κ3) is 3.12. The average Bonchev–Trinajstić information content (AvgIpc) is 2.84. The minimum absolute atomic E-state index is 0.0923. The molecule has 7 nitrogen and oxygen atoms in total. The van der Waals surface area contributed by atoms with Gasteiger partial charge in [0.25, 0.3) is 11.8 Å². The summed E-state index contributed by atoms with van der Waals surface area (Å²) in [5, 5.41) is 0. The third-order valence-corrected chi connectivity index (χ3v) is 5.83. The largest absolute Gasteiger partial charge is 0.496 e. The van der Waals surface area contributed by atoms with Crippen molar-refractivity contribution in [1.82, 2.24) is 14.7 Å². The summed E-state index contributed by atoms with van der Waals surface area (Å²) in [6.07, 6.45) is 0.906. The Bertz CT molecular complexity index is 797. The van der Waals surface area contributed by atoms with Crippen LogP contribution in [0.4, 0.5) is 4.79 Å². The molecule has 2 aliphatic heterocycles. The summed E-state index contributed by atoms with van der Waals surface area (Å²) < 4.78 is 5.38. The standard InChI is InChI=1S/C21H29N3O4/c1-14(2)13-24-20(27)22(4)19(26)21(24)9-11-23(12-10-21)18(25)17-15(3)7-6-8-16(17)28-5/h6-8,14H,9-13H2,1-5H3. The van der Waals surface area contributed by atoms with Crippen molar-refractivity contribution < 1.29 is 19.1 Å². The number of hydrogen-bond acceptors (Lipinski definition) is 4. The molecule has 0 N–H and O–H groups in total. The van der Waals surface area contributed by atoms with Gasteiger partial charge in [0.1, 0.15) is 11.3 Å². The summed E-state index contributed by atoms with van der Waals surface area (Å²) in [5.74, 6) is 0.568. The predicted molar refractivity (Wildman–Crippen MR) is 105 cm³/mol. The molecule has 3 rings (SSSR count). The SMILES string of the molecule is COc1cccc(C)c1C(=O)N1CCC2(CC1)C(=O)N(C)C(=O)N2CC(C)C. The molecule has 4 amide bonds. The number of hydrogen-bond donors (Lipinski definition) is 0. The molecule has 152 valence electrons. The summed E-state index contributed by atoms with van der Waals surface area (Å²) in [6.45, 7) is 7.35. The van der Waals surface area contributed by atoms with Crippen LogP contribution in [0.1, 0.15) is 42.6 Å². The zero-order valence-electron chi connectivity index (χ0n) is 17.3. The van der Waals surface area contributed by atoms with Crippen LogP contribution in [0.15, 0.2) is 18.2 Å². The highest BCUT2D eigenvalue weighted by molar-refractivity contribution is 6.07. The number of carbonyl (C=O) groups excluding carboxylic acids is 3. The molecule has 1 spiro atoms. The topological polar surface area (TPSA) is 70.2 Å². The monoisotopic (exact) mass is 387 g/mol. The molecule has 2 aliphatic rings. The zero-order chi connectivity index (χ0) is 20.6. The first-order valence-corrected chi connectivity index (χ1v) is 9.75.